The van der Waals surface area contributed by atoms with Gasteiger partial charge in [0.05, 0.1) is 16.3 Å². The lowest BCUT2D eigenvalue weighted by molar-refractivity contribution is -0.116. The average molecular weight is 499 g/mol. The fourth-order valence-corrected chi connectivity index (χ4v) is 4.22. The summed E-state index contributed by atoms with van der Waals surface area (Å²) < 4.78 is 59.7. The lowest BCUT2D eigenvalue weighted by Crippen LogP contribution is -2.17. The van der Waals surface area contributed by atoms with Gasteiger partial charge in [-0.05, 0) is 55.0 Å². The lowest BCUT2D eigenvalue weighted by atomic mass is 10.1. The highest BCUT2D eigenvalue weighted by atomic mass is 32.2. The number of aryl methyl sites for hydroxylation is 2. The van der Waals surface area contributed by atoms with Gasteiger partial charge in [0, 0.05) is 18.4 Å². The molecule has 0 saturated carbocycles. The summed E-state index contributed by atoms with van der Waals surface area (Å²) in [6.07, 6.45) is 0.0968. The highest BCUT2D eigenvalue weighted by molar-refractivity contribution is 7.92. The first-order valence-electron chi connectivity index (χ1n) is 10.5. The molecule has 1 aromatic heterocycles. The average Bonchev–Trinajstić information content (AvgIpc) is 3.30. The van der Waals surface area contributed by atoms with E-state index in [2.05, 4.69) is 20.2 Å². The molecule has 0 bridgehead atoms. The molecule has 0 atom stereocenters. The van der Waals surface area contributed by atoms with E-state index < -0.39 is 21.7 Å². The van der Waals surface area contributed by atoms with Gasteiger partial charge < -0.3 is 9.84 Å². The molecular weight excluding hydrogens is 478 g/mol. The molecule has 0 radical (unpaired) electrons. The van der Waals surface area contributed by atoms with Crippen molar-refractivity contribution in [3.63, 3.8) is 0 Å². The molecule has 0 aliphatic rings. The van der Waals surface area contributed by atoms with Crippen LogP contribution in [0.25, 0.3) is 11.4 Å². The molecule has 1 amide bonds. The van der Waals surface area contributed by atoms with E-state index in [1.54, 1.807) is 31.2 Å². The summed E-state index contributed by atoms with van der Waals surface area (Å²) in [5.41, 5.74) is 1.33. The minimum Gasteiger partial charge on any atom is -0.339 e. The molecule has 8 nitrogen and oxygen atoms in total. The van der Waals surface area contributed by atoms with Crippen LogP contribution in [0.1, 0.15) is 17.9 Å². The molecule has 0 saturated heterocycles. The Bertz CT molecular complexity index is 1470. The summed E-state index contributed by atoms with van der Waals surface area (Å²) in [6, 6.07) is 15.2. The molecule has 4 rings (SSSR count). The highest BCUT2D eigenvalue weighted by Crippen LogP contribution is 2.25. The first-order valence-corrected chi connectivity index (χ1v) is 12.0. The zero-order chi connectivity index (χ0) is 25.0. The second kappa shape index (κ2) is 10.0. The van der Waals surface area contributed by atoms with Gasteiger partial charge in [-0.25, -0.2) is 17.2 Å². The Morgan fingerprint density at radius 2 is 1.71 bits per heavy atom. The molecule has 35 heavy (non-hydrogen) atoms. The standard InChI is InChI=1S/C24H20F2N4O4S/c1-15-6-7-16(14-19(15)26)24-28-23(34-29-24)13-12-22(31)27-20-4-2-3-5-21(20)30-35(32,33)18-10-8-17(25)9-11-18/h2-11,14,30H,12-13H2,1H3,(H,27,31). The number of anilines is 2. The monoisotopic (exact) mass is 498 g/mol. The molecule has 0 unspecified atom stereocenters. The molecule has 11 heteroatoms. The van der Waals surface area contributed by atoms with Gasteiger partial charge in [-0.2, -0.15) is 4.98 Å². The van der Waals surface area contributed by atoms with Gasteiger partial charge in [0.2, 0.25) is 17.6 Å². The molecule has 1 heterocycles. The minimum absolute atomic E-state index is 0.0249. The fraction of sp³-hybridized carbons (Fsp3) is 0.125. The predicted octanol–water partition coefficient (Wildman–Crippen LogP) is 4.70. The predicted molar refractivity (Wildman–Crippen MR) is 125 cm³/mol. The van der Waals surface area contributed by atoms with Crippen molar-refractivity contribution >= 4 is 27.3 Å². The van der Waals surface area contributed by atoms with E-state index in [0.29, 0.717) is 11.1 Å². The van der Waals surface area contributed by atoms with E-state index in [-0.39, 0.29) is 46.6 Å². The van der Waals surface area contributed by atoms with E-state index in [4.69, 9.17) is 4.52 Å². The van der Waals surface area contributed by atoms with E-state index in [0.717, 1.165) is 24.3 Å². The van der Waals surface area contributed by atoms with Gasteiger partial charge in [0.15, 0.2) is 0 Å². The summed E-state index contributed by atoms with van der Waals surface area (Å²) >= 11 is 0. The number of benzene rings is 3. The zero-order valence-corrected chi connectivity index (χ0v) is 19.3. The number of nitrogens with one attached hydrogen (secondary N) is 2. The van der Waals surface area contributed by atoms with Crippen molar-refractivity contribution in [3.8, 4) is 11.4 Å². The lowest BCUT2D eigenvalue weighted by Gasteiger charge is -2.13. The molecule has 0 spiro atoms. The van der Waals surface area contributed by atoms with Crippen LogP contribution in [0.4, 0.5) is 20.2 Å². The van der Waals surface area contributed by atoms with Gasteiger partial charge in [0.25, 0.3) is 10.0 Å². The first kappa shape index (κ1) is 24.0. The number of sulfonamides is 1. The number of nitrogens with zero attached hydrogens (tertiary/aromatic N) is 2. The number of amides is 1. The third-order valence-corrected chi connectivity index (χ3v) is 6.41. The quantitative estimate of drug-likeness (QED) is 0.364. The second-order valence-electron chi connectivity index (χ2n) is 7.63. The number of hydrogen-bond acceptors (Lipinski definition) is 6. The van der Waals surface area contributed by atoms with E-state index in [1.807, 2.05) is 0 Å². The molecular formula is C24H20F2N4O4S. The maximum atomic E-state index is 13.8. The Morgan fingerprint density at radius 3 is 2.43 bits per heavy atom. The van der Waals surface area contributed by atoms with Gasteiger partial charge in [-0.3, -0.25) is 9.52 Å². The minimum atomic E-state index is -4.00. The van der Waals surface area contributed by atoms with Crippen LogP contribution in [0.3, 0.4) is 0 Å². The number of halogens is 2. The Kier molecular flexibility index (Phi) is 6.87. The Balaban J connectivity index is 1.40. The maximum absolute atomic E-state index is 13.8. The van der Waals surface area contributed by atoms with Crippen molar-refractivity contribution in [1.82, 2.24) is 10.1 Å². The number of carbonyl (C=O) groups is 1. The number of rotatable bonds is 8. The SMILES string of the molecule is Cc1ccc(-c2noc(CCC(=O)Nc3ccccc3NS(=O)(=O)c3ccc(F)cc3)n2)cc1F. The van der Waals surface area contributed by atoms with Crippen molar-refractivity contribution < 1.29 is 26.5 Å². The van der Waals surface area contributed by atoms with E-state index in [9.17, 15) is 22.0 Å². The van der Waals surface area contributed by atoms with Gasteiger partial charge in [0.1, 0.15) is 11.6 Å². The molecule has 4 aromatic rings. The van der Waals surface area contributed by atoms with Crippen LogP contribution in [0.2, 0.25) is 0 Å². The second-order valence-corrected chi connectivity index (χ2v) is 9.31. The Hall–Kier alpha value is -4.12. The normalized spacial score (nSPS) is 11.3. The van der Waals surface area contributed by atoms with E-state index >= 15 is 0 Å². The zero-order valence-electron chi connectivity index (χ0n) is 18.5. The molecule has 0 aliphatic carbocycles. The van der Waals surface area contributed by atoms with Gasteiger partial charge in [-0.15, -0.1) is 0 Å². The van der Waals surface area contributed by atoms with Gasteiger partial charge in [-0.1, -0.05) is 29.4 Å². The fourth-order valence-electron chi connectivity index (χ4n) is 3.14. The smallest absolute Gasteiger partial charge is 0.261 e. The van der Waals surface area contributed by atoms with Crippen molar-refractivity contribution in [2.24, 2.45) is 0 Å². The van der Waals surface area contributed by atoms with Gasteiger partial charge >= 0.3 is 0 Å². The first-order chi connectivity index (χ1) is 16.7. The van der Waals surface area contributed by atoms with Crippen LogP contribution in [0, 0.1) is 18.6 Å². The number of para-hydroxylation sites is 2. The molecule has 2 N–H and O–H groups in total. The number of aromatic nitrogens is 2. The Labute approximate surface area is 200 Å². The summed E-state index contributed by atoms with van der Waals surface area (Å²) in [7, 11) is -4.00. The molecule has 0 fully saturated rings. The molecule has 180 valence electrons. The van der Waals surface area contributed by atoms with Crippen LogP contribution in [-0.4, -0.2) is 24.5 Å². The summed E-state index contributed by atoms with van der Waals surface area (Å²) in [5, 5.41) is 6.47. The largest absolute Gasteiger partial charge is 0.339 e. The van der Waals surface area contributed by atoms with Crippen molar-refractivity contribution in [2.75, 3.05) is 10.0 Å². The number of carbonyl (C=O) groups excluding carboxylic acids is 1. The molecule has 0 aliphatic heterocycles. The van der Waals surface area contributed by atoms with Crippen LogP contribution in [-0.2, 0) is 21.2 Å². The highest BCUT2D eigenvalue weighted by Gasteiger charge is 2.17. The third-order valence-electron chi connectivity index (χ3n) is 5.03. The van der Waals surface area contributed by atoms with Crippen LogP contribution < -0.4 is 10.0 Å². The van der Waals surface area contributed by atoms with Crippen LogP contribution >= 0.6 is 0 Å². The van der Waals surface area contributed by atoms with Crippen LogP contribution in [0.5, 0.6) is 0 Å². The van der Waals surface area contributed by atoms with Crippen LogP contribution in [0.15, 0.2) is 76.1 Å². The van der Waals surface area contributed by atoms with E-state index in [1.165, 1.54) is 18.2 Å². The van der Waals surface area contributed by atoms with Crippen molar-refractivity contribution in [1.29, 1.82) is 0 Å². The summed E-state index contributed by atoms with van der Waals surface area (Å²) in [5.74, 6) is -0.959. The van der Waals surface area contributed by atoms with Crippen molar-refractivity contribution in [2.45, 2.75) is 24.7 Å². The van der Waals surface area contributed by atoms with Crippen molar-refractivity contribution in [3.05, 3.63) is 89.8 Å². The third kappa shape index (κ3) is 5.87. The summed E-state index contributed by atoms with van der Waals surface area (Å²) in [6.45, 7) is 1.64. The maximum Gasteiger partial charge on any atom is 0.261 e. The number of hydrogen-bond donors (Lipinski definition) is 2. The topological polar surface area (TPSA) is 114 Å². The molecule has 3 aromatic carbocycles. The summed E-state index contributed by atoms with van der Waals surface area (Å²) in [4.78, 5) is 16.6. The Morgan fingerprint density at radius 1 is 1.00 bits per heavy atom.